The second-order valence-electron chi connectivity index (χ2n) is 7.35. The van der Waals surface area contributed by atoms with E-state index in [1.165, 1.54) is 6.26 Å². The lowest BCUT2D eigenvalue weighted by molar-refractivity contribution is 0.0131. The zero-order valence-corrected chi connectivity index (χ0v) is 14.7. The SMILES string of the molecule is CCCCc1cc(CC2CC(NC(=O)c3ccco3)C2(C)C)no1. The maximum absolute atomic E-state index is 12.1. The highest BCUT2D eigenvalue weighted by atomic mass is 16.5. The predicted molar refractivity (Wildman–Crippen MR) is 90.7 cm³/mol. The number of furan rings is 1. The Morgan fingerprint density at radius 3 is 2.96 bits per heavy atom. The summed E-state index contributed by atoms with van der Waals surface area (Å²) in [5.41, 5.74) is 1.06. The van der Waals surface area contributed by atoms with Crippen LogP contribution in [0.3, 0.4) is 0 Å². The van der Waals surface area contributed by atoms with E-state index in [1.54, 1.807) is 12.1 Å². The molecule has 2 atom stereocenters. The van der Waals surface area contributed by atoms with E-state index in [0.29, 0.717) is 11.7 Å². The number of unbranched alkanes of at least 4 members (excludes halogenated alkanes) is 1. The van der Waals surface area contributed by atoms with Gasteiger partial charge in [-0.2, -0.15) is 0 Å². The molecule has 1 aliphatic rings. The molecule has 24 heavy (non-hydrogen) atoms. The molecule has 1 N–H and O–H groups in total. The number of amides is 1. The van der Waals surface area contributed by atoms with Crippen LogP contribution in [0.4, 0.5) is 0 Å². The highest BCUT2D eigenvalue weighted by Crippen LogP contribution is 2.47. The van der Waals surface area contributed by atoms with Gasteiger partial charge in [0.2, 0.25) is 0 Å². The van der Waals surface area contributed by atoms with E-state index < -0.39 is 0 Å². The van der Waals surface area contributed by atoms with Gasteiger partial charge in [-0.3, -0.25) is 4.79 Å². The van der Waals surface area contributed by atoms with Crippen LogP contribution in [0.1, 0.15) is 62.0 Å². The Labute approximate surface area is 142 Å². The molecule has 1 saturated carbocycles. The van der Waals surface area contributed by atoms with Gasteiger partial charge in [0.25, 0.3) is 5.91 Å². The highest BCUT2D eigenvalue weighted by molar-refractivity contribution is 5.91. The molecular weight excluding hydrogens is 304 g/mol. The van der Waals surface area contributed by atoms with Gasteiger partial charge in [-0.05, 0) is 42.7 Å². The molecule has 1 aliphatic carbocycles. The maximum Gasteiger partial charge on any atom is 0.287 e. The molecule has 0 radical (unpaired) electrons. The van der Waals surface area contributed by atoms with Crippen LogP contribution >= 0.6 is 0 Å². The molecule has 1 amide bonds. The third kappa shape index (κ3) is 3.40. The molecule has 3 rings (SSSR count). The van der Waals surface area contributed by atoms with Crippen molar-refractivity contribution in [3.8, 4) is 0 Å². The molecule has 5 heteroatoms. The Hall–Kier alpha value is -2.04. The van der Waals surface area contributed by atoms with Gasteiger partial charge in [-0.1, -0.05) is 32.3 Å². The number of aromatic nitrogens is 1. The highest BCUT2D eigenvalue weighted by Gasteiger charge is 2.48. The summed E-state index contributed by atoms with van der Waals surface area (Å²) in [5.74, 6) is 1.70. The number of carbonyl (C=O) groups is 1. The quantitative estimate of drug-likeness (QED) is 0.833. The van der Waals surface area contributed by atoms with Gasteiger partial charge in [0.15, 0.2) is 5.76 Å². The number of nitrogens with zero attached hydrogens (tertiary/aromatic N) is 1. The summed E-state index contributed by atoms with van der Waals surface area (Å²) in [6, 6.07) is 5.66. The van der Waals surface area contributed by atoms with Crippen LogP contribution < -0.4 is 5.32 Å². The van der Waals surface area contributed by atoms with Crippen LogP contribution in [0, 0.1) is 11.3 Å². The first-order chi connectivity index (χ1) is 11.5. The van der Waals surface area contributed by atoms with Gasteiger partial charge in [-0.25, -0.2) is 0 Å². The first-order valence-electron chi connectivity index (χ1n) is 8.79. The molecule has 0 saturated heterocycles. The third-order valence-electron chi connectivity index (χ3n) is 5.36. The van der Waals surface area contributed by atoms with Crippen molar-refractivity contribution in [1.82, 2.24) is 10.5 Å². The number of rotatable bonds is 7. The molecule has 0 aliphatic heterocycles. The largest absolute Gasteiger partial charge is 0.459 e. The standard InChI is InChI=1S/C19H26N2O3/c1-4-5-7-15-12-14(21-24-15)10-13-11-17(19(13,2)3)20-18(22)16-8-6-9-23-16/h6,8-9,12-13,17H,4-5,7,10-11H2,1-3H3,(H,20,22). The van der Waals surface area contributed by atoms with Crippen molar-refractivity contribution in [1.29, 1.82) is 0 Å². The molecule has 5 nitrogen and oxygen atoms in total. The fraction of sp³-hybridized carbons (Fsp3) is 0.579. The Morgan fingerprint density at radius 1 is 1.46 bits per heavy atom. The minimum atomic E-state index is -0.139. The summed E-state index contributed by atoms with van der Waals surface area (Å²) in [7, 11) is 0. The van der Waals surface area contributed by atoms with Gasteiger partial charge >= 0.3 is 0 Å². The summed E-state index contributed by atoms with van der Waals surface area (Å²) in [5, 5.41) is 7.29. The van der Waals surface area contributed by atoms with Crippen molar-refractivity contribution in [3.05, 3.63) is 41.7 Å². The zero-order valence-electron chi connectivity index (χ0n) is 14.7. The summed E-state index contributed by atoms with van der Waals surface area (Å²) < 4.78 is 10.6. The summed E-state index contributed by atoms with van der Waals surface area (Å²) in [6.45, 7) is 6.57. The lowest BCUT2D eigenvalue weighted by Gasteiger charge is -2.52. The number of hydrogen-bond acceptors (Lipinski definition) is 4. The van der Waals surface area contributed by atoms with E-state index in [9.17, 15) is 4.79 Å². The fourth-order valence-corrected chi connectivity index (χ4v) is 3.42. The van der Waals surface area contributed by atoms with E-state index in [1.807, 2.05) is 0 Å². The van der Waals surface area contributed by atoms with Gasteiger partial charge in [-0.15, -0.1) is 0 Å². The predicted octanol–water partition coefficient (Wildman–Crippen LogP) is 4.00. The zero-order chi connectivity index (χ0) is 17.2. The van der Waals surface area contributed by atoms with Crippen molar-refractivity contribution >= 4 is 5.91 Å². The number of aryl methyl sites for hydroxylation is 1. The van der Waals surface area contributed by atoms with Crippen molar-refractivity contribution in [2.75, 3.05) is 0 Å². The van der Waals surface area contributed by atoms with E-state index in [-0.39, 0.29) is 17.4 Å². The first kappa shape index (κ1) is 16.8. The van der Waals surface area contributed by atoms with Crippen LogP contribution in [-0.2, 0) is 12.8 Å². The second-order valence-corrected chi connectivity index (χ2v) is 7.35. The summed E-state index contributed by atoms with van der Waals surface area (Å²) in [6.07, 6.45) is 6.61. The van der Waals surface area contributed by atoms with Gasteiger partial charge in [0.05, 0.1) is 12.0 Å². The van der Waals surface area contributed by atoms with Gasteiger partial charge in [0, 0.05) is 18.5 Å². The molecule has 0 aromatic carbocycles. The molecule has 2 aromatic heterocycles. The Morgan fingerprint density at radius 2 is 2.29 bits per heavy atom. The molecule has 2 heterocycles. The van der Waals surface area contributed by atoms with E-state index in [4.69, 9.17) is 8.94 Å². The molecule has 0 spiro atoms. The Balaban J connectivity index is 1.54. The third-order valence-corrected chi connectivity index (χ3v) is 5.36. The summed E-state index contributed by atoms with van der Waals surface area (Å²) in [4.78, 5) is 12.1. The topological polar surface area (TPSA) is 68.3 Å². The molecule has 2 aromatic rings. The van der Waals surface area contributed by atoms with Crippen molar-refractivity contribution in [2.24, 2.45) is 11.3 Å². The average Bonchev–Trinajstić information content (AvgIpc) is 3.23. The molecule has 1 fully saturated rings. The molecular formula is C19H26N2O3. The fourth-order valence-electron chi connectivity index (χ4n) is 3.42. The Kier molecular flexibility index (Phi) is 4.78. The average molecular weight is 330 g/mol. The van der Waals surface area contributed by atoms with Crippen LogP contribution in [-0.4, -0.2) is 17.1 Å². The van der Waals surface area contributed by atoms with Crippen molar-refractivity contribution in [3.63, 3.8) is 0 Å². The molecule has 2 unspecified atom stereocenters. The van der Waals surface area contributed by atoms with E-state index in [0.717, 1.165) is 43.6 Å². The minimum absolute atomic E-state index is 0.0325. The second kappa shape index (κ2) is 6.83. The van der Waals surface area contributed by atoms with Crippen molar-refractivity contribution < 1.29 is 13.7 Å². The molecule has 0 bridgehead atoms. The summed E-state index contributed by atoms with van der Waals surface area (Å²) >= 11 is 0. The van der Waals surface area contributed by atoms with Crippen LogP contribution in [0.25, 0.3) is 0 Å². The van der Waals surface area contributed by atoms with Gasteiger partial charge < -0.3 is 14.3 Å². The van der Waals surface area contributed by atoms with Crippen LogP contribution in [0.5, 0.6) is 0 Å². The lowest BCUT2D eigenvalue weighted by atomic mass is 9.57. The number of hydrogen-bond donors (Lipinski definition) is 1. The van der Waals surface area contributed by atoms with Crippen LogP contribution in [0.2, 0.25) is 0 Å². The first-order valence-corrected chi connectivity index (χ1v) is 8.79. The number of nitrogens with one attached hydrogen (secondary N) is 1. The normalized spacial score (nSPS) is 22.1. The smallest absolute Gasteiger partial charge is 0.287 e. The van der Waals surface area contributed by atoms with E-state index in [2.05, 4.69) is 37.3 Å². The van der Waals surface area contributed by atoms with Gasteiger partial charge in [0.1, 0.15) is 5.76 Å². The Bertz CT molecular complexity index is 673. The van der Waals surface area contributed by atoms with Crippen molar-refractivity contribution in [2.45, 2.75) is 58.9 Å². The molecule has 130 valence electrons. The van der Waals surface area contributed by atoms with Crippen LogP contribution in [0.15, 0.2) is 33.4 Å². The lowest BCUT2D eigenvalue weighted by Crippen LogP contribution is -2.58. The van der Waals surface area contributed by atoms with E-state index >= 15 is 0 Å². The number of carbonyl (C=O) groups excluding carboxylic acids is 1. The minimum Gasteiger partial charge on any atom is -0.459 e. The monoisotopic (exact) mass is 330 g/mol. The maximum atomic E-state index is 12.1.